The molecule has 0 saturated heterocycles. The third-order valence-electron chi connectivity index (χ3n) is 11.0. The van der Waals surface area contributed by atoms with Crippen LogP contribution in [0, 0.1) is 46.3 Å². The summed E-state index contributed by atoms with van der Waals surface area (Å²) in [6.45, 7) is 7.02. The smallest absolute Gasteiger partial charge is 0.264 e. The number of aliphatic hydroxyl groups is 3. The molecule has 0 unspecified atom stereocenters. The van der Waals surface area contributed by atoms with Crippen LogP contribution >= 0.6 is 0 Å². The van der Waals surface area contributed by atoms with Crippen molar-refractivity contribution in [2.24, 2.45) is 46.3 Å². The van der Waals surface area contributed by atoms with Gasteiger partial charge in [-0.3, -0.25) is 4.55 Å². The van der Waals surface area contributed by atoms with Crippen LogP contribution in [0.15, 0.2) is 0 Å². The molecule has 0 spiro atoms. The summed E-state index contributed by atoms with van der Waals surface area (Å²) in [6.07, 6.45) is 8.61. The molecule has 4 rings (SSSR count). The predicted octanol–water partition coefficient (Wildman–Crippen LogP) is 4.03. The third kappa shape index (κ3) is 4.78. The predicted molar refractivity (Wildman–Crippen MR) is 128 cm³/mol. The maximum absolute atomic E-state index is 11.4. The van der Waals surface area contributed by atoms with Crippen molar-refractivity contribution in [3.05, 3.63) is 0 Å². The molecular weight excluding hydrogens is 440 g/mol. The molecule has 4 aliphatic carbocycles. The molecule has 0 aliphatic heterocycles. The SMILES string of the molecule is C[C@H](CCCCCS(=O)(=O)O)[C@H]1C[C@H](O)[C@H]2[C@@H]3[C@H](O)C[C@@H]4C[C@H](O)CC[C@]4(C)[C@H]3CC[C@@]21C. The van der Waals surface area contributed by atoms with E-state index in [2.05, 4.69) is 20.8 Å². The number of hydrogen-bond donors (Lipinski definition) is 4. The Morgan fingerprint density at radius 3 is 2.30 bits per heavy atom. The summed E-state index contributed by atoms with van der Waals surface area (Å²) in [4.78, 5) is 0. The minimum atomic E-state index is -3.88. The summed E-state index contributed by atoms with van der Waals surface area (Å²) in [5.41, 5.74) is 0.174. The van der Waals surface area contributed by atoms with Gasteiger partial charge in [0.15, 0.2) is 0 Å². The van der Waals surface area contributed by atoms with Crippen LogP contribution in [-0.2, 0) is 10.1 Å². The lowest BCUT2D eigenvalue weighted by molar-refractivity contribution is -0.185. The Morgan fingerprint density at radius 2 is 1.61 bits per heavy atom. The van der Waals surface area contributed by atoms with E-state index in [1.165, 1.54) is 0 Å². The maximum atomic E-state index is 11.4. The standard InChI is InChI=1S/C26H46O6S/c1-16(7-5-4-6-12-33(30,31)32)20-15-22(29)24-23-19(9-11-26(20,24)3)25(2)10-8-18(27)13-17(25)14-21(23)28/h16-24,27-29H,4-15H2,1-3H3,(H,30,31,32)/t16-,17+,18-,19+,20-,21-,22+,23+,24+,25+,26-/m1/s1. The summed E-state index contributed by atoms with van der Waals surface area (Å²) in [5.74, 6) is 1.74. The van der Waals surface area contributed by atoms with Gasteiger partial charge in [-0.05, 0) is 97.7 Å². The number of hydrogen-bond acceptors (Lipinski definition) is 5. The lowest BCUT2D eigenvalue weighted by Crippen LogP contribution is -2.60. The maximum Gasteiger partial charge on any atom is 0.264 e. The minimum absolute atomic E-state index is 0.0206. The van der Waals surface area contributed by atoms with Crippen LogP contribution in [0.5, 0.6) is 0 Å². The molecule has 0 aromatic carbocycles. The summed E-state index contributed by atoms with van der Waals surface area (Å²) >= 11 is 0. The van der Waals surface area contributed by atoms with Gasteiger partial charge in [0.05, 0.1) is 24.1 Å². The van der Waals surface area contributed by atoms with Crippen molar-refractivity contribution in [2.75, 3.05) is 5.75 Å². The highest BCUT2D eigenvalue weighted by molar-refractivity contribution is 7.85. The molecule has 0 bridgehead atoms. The average Bonchev–Trinajstić information content (AvgIpc) is 2.99. The Bertz CT molecular complexity index is 801. The molecule has 4 aliphatic rings. The monoisotopic (exact) mass is 486 g/mol. The van der Waals surface area contributed by atoms with Gasteiger partial charge in [-0.15, -0.1) is 0 Å². The zero-order chi connectivity index (χ0) is 24.2. The number of rotatable bonds is 7. The van der Waals surface area contributed by atoms with Gasteiger partial charge in [0.1, 0.15) is 0 Å². The first kappa shape index (κ1) is 25.9. The molecule has 6 nitrogen and oxygen atoms in total. The van der Waals surface area contributed by atoms with Gasteiger partial charge in [-0.2, -0.15) is 8.42 Å². The highest BCUT2D eigenvalue weighted by Gasteiger charge is 2.65. The van der Waals surface area contributed by atoms with Crippen LogP contribution in [0.1, 0.15) is 91.4 Å². The van der Waals surface area contributed by atoms with Gasteiger partial charge < -0.3 is 15.3 Å². The normalized spacial score (nSPS) is 48.6. The lowest BCUT2D eigenvalue weighted by Gasteiger charge is -2.62. The van der Waals surface area contributed by atoms with Crippen molar-refractivity contribution in [3.63, 3.8) is 0 Å². The summed E-state index contributed by atoms with van der Waals surface area (Å²) < 4.78 is 30.8. The highest BCUT2D eigenvalue weighted by atomic mass is 32.2. The second-order valence-corrected chi connectivity index (χ2v) is 14.3. The average molecular weight is 487 g/mol. The Kier molecular flexibility index (Phi) is 7.33. The molecule has 4 saturated carbocycles. The fourth-order valence-corrected chi connectivity index (χ4v) is 9.88. The van der Waals surface area contributed by atoms with Gasteiger partial charge >= 0.3 is 0 Å². The zero-order valence-electron chi connectivity index (χ0n) is 20.7. The number of aliphatic hydroxyl groups excluding tert-OH is 3. The molecule has 192 valence electrons. The summed E-state index contributed by atoms with van der Waals surface area (Å²) in [5, 5.41) is 32.9. The molecule has 0 heterocycles. The second-order valence-electron chi connectivity index (χ2n) is 12.7. The molecule has 0 amide bonds. The molecular formula is C26H46O6S. The first-order valence-corrected chi connectivity index (χ1v) is 15.0. The van der Waals surface area contributed by atoms with Crippen LogP contribution in [0.4, 0.5) is 0 Å². The van der Waals surface area contributed by atoms with Crippen LogP contribution < -0.4 is 0 Å². The van der Waals surface area contributed by atoms with Crippen LogP contribution in [0.3, 0.4) is 0 Å². The largest absolute Gasteiger partial charge is 0.393 e. The number of fused-ring (bicyclic) bond motifs is 5. The van der Waals surface area contributed by atoms with Gasteiger partial charge in [0, 0.05) is 0 Å². The van der Waals surface area contributed by atoms with Gasteiger partial charge in [0.2, 0.25) is 0 Å². The molecule has 4 N–H and O–H groups in total. The molecule has 11 atom stereocenters. The summed E-state index contributed by atoms with van der Waals surface area (Å²) in [6, 6.07) is 0. The van der Waals surface area contributed by atoms with Crippen LogP contribution in [0.25, 0.3) is 0 Å². The first-order valence-electron chi connectivity index (χ1n) is 13.4. The van der Waals surface area contributed by atoms with E-state index < -0.39 is 16.2 Å². The molecule has 0 radical (unpaired) electrons. The van der Waals surface area contributed by atoms with E-state index in [4.69, 9.17) is 4.55 Å². The van der Waals surface area contributed by atoms with E-state index in [1.54, 1.807) is 0 Å². The van der Waals surface area contributed by atoms with Crippen molar-refractivity contribution in [2.45, 2.75) is 110 Å². The van der Waals surface area contributed by atoms with Gasteiger partial charge in [-0.25, -0.2) is 0 Å². The Labute approximate surface area is 200 Å². The third-order valence-corrected chi connectivity index (χ3v) is 11.8. The van der Waals surface area contributed by atoms with Crippen molar-refractivity contribution in [1.29, 1.82) is 0 Å². The zero-order valence-corrected chi connectivity index (χ0v) is 21.5. The Hall–Kier alpha value is -0.210. The Balaban J connectivity index is 1.45. The van der Waals surface area contributed by atoms with Crippen molar-refractivity contribution in [3.8, 4) is 0 Å². The van der Waals surface area contributed by atoms with E-state index in [-0.39, 0.29) is 40.6 Å². The fraction of sp³-hybridized carbons (Fsp3) is 1.00. The van der Waals surface area contributed by atoms with Gasteiger partial charge in [0.25, 0.3) is 10.1 Å². The minimum Gasteiger partial charge on any atom is -0.393 e. The lowest BCUT2D eigenvalue weighted by atomic mass is 9.43. The molecule has 0 aromatic rings. The van der Waals surface area contributed by atoms with E-state index in [0.717, 1.165) is 64.2 Å². The van der Waals surface area contributed by atoms with Crippen molar-refractivity contribution in [1.82, 2.24) is 0 Å². The molecule has 7 heteroatoms. The van der Waals surface area contributed by atoms with E-state index in [1.807, 2.05) is 0 Å². The van der Waals surface area contributed by atoms with Crippen molar-refractivity contribution < 1.29 is 28.3 Å². The van der Waals surface area contributed by atoms with Crippen LogP contribution in [-0.4, -0.2) is 52.4 Å². The van der Waals surface area contributed by atoms with E-state index >= 15 is 0 Å². The summed E-state index contributed by atoms with van der Waals surface area (Å²) in [7, 11) is -3.88. The Morgan fingerprint density at radius 1 is 0.909 bits per heavy atom. The first-order chi connectivity index (χ1) is 15.4. The van der Waals surface area contributed by atoms with E-state index in [0.29, 0.717) is 30.1 Å². The van der Waals surface area contributed by atoms with Gasteiger partial charge in [-0.1, -0.05) is 40.0 Å². The molecule has 4 fully saturated rings. The highest BCUT2D eigenvalue weighted by Crippen LogP contribution is 2.68. The topological polar surface area (TPSA) is 115 Å². The number of unbranched alkanes of at least 4 members (excludes halogenated alkanes) is 2. The molecule has 33 heavy (non-hydrogen) atoms. The fourth-order valence-electron chi connectivity index (χ4n) is 9.31. The van der Waals surface area contributed by atoms with Crippen molar-refractivity contribution >= 4 is 10.1 Å². The van der Waals surface area contributed by atoms with Crippen LogP contribution in [0.2, 0.25) is 0 Å². The second kappa shape index (κ2) is 9.34. The molecule has 0 aromatic heterocycles. The van der Waals surface area contributed by atoms with E-state index in [9.17, 15) is 23.7 Å². The quantitative estimate of drug-likeness (QED) is 0.319.